The Morgan fingerprint density at radius 2 is 1.90 bits per heavy atom. The molecule has 40 heavy (non-hydrogen) atoms. The number of aromatic hydroxyl groups is 1. The molecule has 1 amide bonds. The standard InChI is InChI=1S/C31H36ClN5O3/c1-35(2)17-15-31(13-3-4-14-31)21-8-10-22(11-9-21)37-29(39)27-25(6-5-16-36(27)30(37)40)34-28(38)20-7-12-23-24(32)19-33-26(23)18-20/h7-12,18-19,25,33,39H,3-6,13-17H2,1-2H3,(H,34,38)/t25-/m1/s1. The fraction of sp³-hybridized carbons (Fsp3) is 0.419. The molecule has 3 heterocycles. The number of nitrogens with one attached hydrogen (secondary N) is 2. The normalized spacial score (nSPS) is 18.4. The summed E-state index contributed by atoms with van der Waals surface area (Å²) < 4.78 is 2.97. The van der Waals surface area contributed by atoms with Crippen LogP contribution < -0.4 is 11.0 Å². The Balaban J connectivity index is 1.28. The van der Waals surface area contributed by atoms with Crippen LogP contribution in [0.5, 0.6) is 5.88 Å². The van der Waals surface area contributed by atoms with Crippen molar-refractivity contribution in [1.29, 1.82) is 0 Å². The van der Waals surface area contributed by atoms with E-state index in [9.17, 15) is 14.7 Å². The number of hydrogen-bond donors (Lipinski definition) is 3. The van der Waals surface area contributed by atoms with Gasteiger partial charge in [-0.05, 0) is 88.0 Å². The topological polar surface area (TPSA) is 95.3 Å². The Labute approximate surface area is 238 Å². The number of nitrogens with zero attached hydrogens (tertiary/aromatic N) is 3. The van der Waals surface area contributed by atoms with Crippen LogP contribution in [0.25, 0.3) is 16.6 Å². The Kier molecular flexibility index (Phi) is 7.00. The molecule has 2 aromatic heterocycles. The molecule has 0 radical (unpaired) electrons. The van der Waals surface area contributed by atoms with Crippen molar-refractivity contribution in [2.45, 2.75) is 62.9 Å². The molecule has 1 saturated carbocycles. The van der Waals surface area contributed by atoms with Gasteiger partial charge < -0.3 is 20.3 Å². The average Bonchev–Trinajstić information content (AvgIpc) is 3.65. The van der Waals surface area contributed by atoms with Crippen LogP contribution in [0, 0.1) is 0 Å². The first kappa shape index (κ1) is 26.7. The summed E-state index contributed by atoms with van der Waals surface area (Å²) in [5, 5.41) is 15.8. The number of imidazole rings is 1. The van der Waals surface area contributed by atoms with E-state index >= 15 is 0 Å². The summed E-state index contributed by atoms with van der Waals surface area (Å²) in [7, 11) is 4.23. The third-order valence-corrected chi connectivity index (χ3v) is 9.21. The summed E-state index contributed by atoms with van der Waals surface area (Å²) >= 11 is 6.18. The largest absolute Gasteiger partial charge is 0.493 e. The lowest BCUT2D eigenvalue weighted by Crippen LogP contribution is -2.35. The minimum atomic E-state index is -0.481. The summed E-state index contributed by atoms with van der Waals surface area (Å²) in [6, 6.07) is 13.0. The monoisotopic (exact) mass is 561 g/mol. The van der Waals surface area contributed by atoms with Gasteiger partial charge in [0.1, 0.15) is 5.69 Å². The van der Waals surface area contributed by atoms with Crippen LogP contribution in [-0.2, 0) is 12.0 Å². The average molecular weight is 562 g/mol. The van der Waals surface area contributed by atoms with E-state index in [-0.39, 0.29) is 22.9 Å². The molecule has 1 aliphatic carbocycles. The second-order valence-electron chi connectivity index (χ2n) is 11.6. The highest BCUT2D eigenvalue weighted by atomic mass is 35.5. The van der Waals surface area contributed by atoms with E-state index in [1.165, 1.54) is 35.8 Å². The minimum absolute atomic E-state index is 0.113. The maximum Gasteiger partial charge on any atom is 0.335 e. The Morgan fingerprint density at radius 1 is 1.15 bits per heavy atom. The molecule has 4 aromatic rings. The van der Waals surface area contributed by atoms with Crippen molar-refractivity contribution >= 4 is 28.4 Å². The van der Waals surface area contributed by atoms with Crippen LogP contribution in [0.15, 0.2) is 53.5 Å². The van der Waals surface area contributed by atoms with Crippen molar-refractivity contribution in [2.24, 2.45) is 0 Å². The number of fused-ring (bicyclic) bond motifs is 2. The molecular formula is C31H36ClN5O3. The highest BCUT2D eigenvalue weighted by Gasteiger charge is 2.36. The van der Waals surface area contributed by atoms with Crippen molar-refractivity contribution in [3.63, 3.8) is 0 Å². The van der Waals surface area contributed by atoms with Crippen molar-refractivity contribution in [3.8, 4) is 11.6 Å². The zero-order chi connectivity index (χ0) is 28.0. The zero-order valence-electron chi connectivity index (χ0n) is 23.0. The van der Waals surface area contributed by atoms with E-state index in [1.54, 1.807) is 22.9 Å². The number of rotatable bonds is 7. The van der Waals surface area contributed by atoms with Crippen LogP contribution >= 0.6 is 11.6 Å². The second-order valence-corrected chi connectivity index (χ2v) is 12.0. The molecule has 9 heteroatoms. The van der Waals surface area contributed by atoms with E-state index in [0.717, 1.165) is 30.3 Å². The van der Waals surface area contributed by atoms with Gasteiger partial charge in [-0.3, -0.25) is 9.36 Å². The lowest BCUT2D eigenvalue weighted by molar-refractivity contribution is 0.0928. The fourth-order valence-electron chi connectivity index (χ4n) is 6.68. The number of H-pyrrole nitrogens is 1. The van der Waals surface area contributed by atoms with E-state index in [2.05, 4.69) is 41.4 Å². The predicted octanol–water partition coefficient (Wildman–Crippen LogP) is 5.51. The number of hydrogen-bond acceptors (Lipinski definition) is 4. The Hall–Kier alpha value is -3.49. The summed E-state index contributed by atoms with van der Waals surface area (Å²) in [6.45, 7) is 1.54. The van der Waals surface area contributed by atoms with Crippen molar-refractivity contribution in [3.05, 3.63) is 81.0 Å². The van der Waals surface area contributed by atoms with Gasteiger partial charge in [0.25, 0.3) is 5.91 Å². The highest BCUT2D eigenvalue weighted by molar-refractivity contribution is 6.35. The van der Waals surface area contributed by atoms with Gasteiger partial charge in [-0.15, -0.1) is 0 Å². The predicted molar refractivity (Wildman–Crippen MR) is 158 cm³/mol. The lowest BCUT2D eigenvalue weighted by Gasteiger charge is -2.31. The van der Waals surface area contributed by atoms with Gasteiger partial charge >= 0.3 is 5.69 Å². The summed E-state index contributed by atoms with van der Waals surface area (Å²) in [6.07, 6.45) is 8.98. The number of halogens is 1. The minimum Gasteiger partial charge on any atom is -0.493 e. The molecule has 2 aliphatic rings. The van der Waals surface area contributed by atoms with Gasteiger partial charge in [-0.25, -0.2) is 9.36 Å². The van der Waals surface area contributed by atoms with Crippen LogP contribution in [0.3, 0.4) is 0 Å². The molecule has 210 valence electrons. The SMILES string of the molecule is CN(C)CCC1(c2ccc(-n3c(O)c4n(c3=O)CCC[C@H]4NC(=O)c3ccc4c(Cl)c[nH]c4c3)cc2)CCCC1. The van der Waals surface area contributed by atoms with Gasteiger partial charge in [-0.1, -0.05) is 42.6 Å². The molecule has 6 rings (SSSR count). The van der Waals surface area contributed by atoms with Gasteiger partial charge in [0, 0.05) is 29.2 Å². The van der Waals surface area contributed by atoms with E-state index < -0.39 is 6.04 Å². The summed E-state index contributed by atoms with van der Waals surface area (Å²) in [5.74, 6) is -0.382. The number of carbonyl (C=O) groups is 1. The molecule has 0 saturated heterocycles. The van der Waals surface area contributed by atoms with Gasteiger partial charge in [-0.2, -0.15) is 0 Å². The smallest absolute Gasteiger partial charge is 0.335 e. The number of carbonyl (C=O) groups excluding carboxylic acids is 1. The maximum absolute atomic E-state index is 13.5. The summed E-state index contributed by atoms with van der Waals surface area (Å²) in [5.41, 5.74) is 3.53. The van der Waals surface area contributed by atoms with Gasteiger partial charge in [0.15, 0.2) is 0 Å². The first-order valence-corrected chi connectivity index (χ1v) is 14.5. The molecule has 0 spiro atoms. The fourth-order valence-corrected chi connectivity index (χ4v) is 6.90. The second kappa shape index (κ2) is 10.5. The van der Waals surface area contributed by atoms with E-state index in [0.29, 0.717) is 34.9 Å². The van der Waals surface area contributed by atoms with Crippen molar-refractivity contribution < 1.29 is 9.90 Å². The van der Waals surface area contributed by atoms with Crippen LogP contribution in [0.1, 0.15) is 72.6 Å². The number of aromatic amines is 1. The van der Waals surface area contributed by atoms with Crippen molar-refractivity contribution in [2.75, 3.05) is 20.6 Å². The van der Waals surface area contributed by atoms with Crippen LogP contribution in [0.4, 0.5) is 0 Å². The van der Waals surface area contributed by atoms with E-state index in [1.807, 2.05) is 18.2 Å². The highest BCUT2D eigenvalue weighted by Crippen LogP contribution is 2.44. The van der Waals surface area contributed by atoms with Crippen LogP contribution in [0.2, 0.25) is 5.02 Å². The van der Waals surface area contributed by atoms with Crippen LogP contribution in [-0.4, -0.2) is 50.7 Å². The Morgan fingerprint density at radius 3 is 2.62 bits per heavy atom. The molecule has 1 atom stereocenters. The Bertz CT molecular complexity index is 1610. The molecule has 2 aromatic carbocycles. The summed E-state index contributed by atoms with van der Waals surface area (Å²) in [4.78, 5) is 32.0. The number of aromatic nitrogens is 3. The molecule has 1 fully saturated rings. The van der Waals surface area contributed by atoms with Gasteiger partial charge in [0.05, 0.1) is 16.8 Å². The quantitative estimate of drug-likeness (QED) is 0.277. The molecule has 8 nitrogen and oxygen atoms in total. The third kappa shape index (κ3) is 4.63. The number of benzene rings is 2. The zero-order valence-corrected chi connectivity index (χ0v) is 23.8. The molecular weight excluding hydrogens is 526 g/mol. The first-order chi connectivity index (χ1) is 19.3. The van der Waals surface area contributed by atoms with Gasteiger partial charge in [0.2, 0.25) is 5.88 Å². The third-order valence-electron chi connectivity index (χ3n) is 8.89. The maximum atomic E-state index is 13.5. The number of amides is 1. The molecule has 3 N–H and O–H groups in total. The van der Waals surface area contributed by atoms with Crippen molar-refractivity contribution in [1.82, 2.24) is 24.3 Å². The molecule has 0 bridgehead atoms. The van der Waals surface area contributed by atoms with E-state index in [4.69, 9.17) is 11.6 Å². The first-order valence-electron chi connectivity index (χ1n) is 14.1. The lowest BCUT2D eigenvalue weighted by atomic mass is 9.76. The molecule has 1 aliphatic heterocycles. The molecule has 0 unspecified atom stereocenters.